The fourth-order valence-corrected chi connectivity index (χ4v) is 2.92. The van der Waals surface area contributed by atoms with Gasteiger partial charge in [0.15, 0.2) is 0 Å². The van der Waals surface area contributed by atoms with Crippen molar-refractivity contribution in [1.29, 1.82) is 0 Å². The van der Waals surface area contributed by atoms with E-state index >= 15 is 0 Å². The second-order valence-electron chi connectivity index (χ2n) is 4.44. The maximum atomic E-state index is 11.8. The number of carboxylic acid groups (broad SMARTS) is 1. The van der Waals surface area contributed by atoms with Crippen molar-refractivity contribution in [2.24, 2.45) is 0 Å². The zero-order chi connectivity index (χ0) is 14.3. The molecule has 0 fully saturated rings. The second kappa shape index (κ2) is 4.64. The average Bonchev–Trinajstić information content (AvgIpc) is 2.94. The van der Waals surface area contributed by atoms with Gasteiger partial charge in [-0.05, 0) is 13.0 Å². The summed E-state index contributed by atoms with van der Waals surface area (Å²) in [5.74, 6) is -1.24. The highest BCUT2D eigenvalue weighted by Gasteiger charge is 2.20. The van der Waals surface area contributed by atoms with E-state index in [4.69, 9.17) is 4.42 Å². The first-order valence-corrected chi connectivity index (χ1v) is 6.84. The molecular weight excluding hydrogens is 278 g/mol. The number of thiazole rings is 1. The number of benzene rings is 1. The smallest absolute Gasteiger partial charge is 0.372 e. The van der Waals surface area contributed by atoms with Gasteiger partial charge in [-0.15, -0.1) is 0 Å². The number of aryl methyl sites for hydroxylation is 1. The summed E-state index contributed by atoms with van der Waals surface area (Å²) in [5.41, 5.74) is 1.85. The van der Waals surface area contributed by atoms with Gasteiger partial charge in [-0.25, -0.2) is 4.79 Å². The molecule has 0 spiro atoms. The normalized spacial score (nSPS) is 11.1. The van der Waals surface area contributed by atoms with Crippen molar-refractivity contribution in [1.82, 2.24) is 4.57 Å². The Labute approximate surface area is 117 Å². The summed E-state index contributed by atoms with van der Waals surface area (Å²) in [6, 6.07) is 7.11. The number of aromatic nitrogens is 1. The lowest BCUT2D eigenvalue weighted by molar-refractivity contribution is 0.0663. The fraction of sp³-hybridized carbons (Fsp3) is 0.143. The highest BCUT2D eigenvalue weighted by Crippen LogP contribution is 2.26. The Bertz CT molecular complexity index is 856. The largest absolute Gasteiger partial charge is 0.475 e. The SMILES string of the molecule is Cc1csc(=O)n1Cc1c(C(=O)O)oc2ccccc12. The molecule has 0 aliphatic rings. The van der Waals surface area contributed by atoms with Gasteiger partial charge in [0.2, 0.25) is 5.76 Å². The lowest BCUT2D eigenvalue weighted by Crippen LogP contribution is -2.16. The first kappa shape index (κ1) is 12.7. The molecule has 1 aromatic carbocycles. The molecule has 2 heterocycles. The average molecular weight is 289 g/mol. The van der Waals surface area contributed by atoms with Crippen LogP contribution in [0.15, 0.2) is 38.9 Å². The van der Waals surface area contributed by atoms with Crippen LogP contribution in [-0.4, -0.2) is 15.6 Å². The van der Waals surface area contributed by atoms with Crippen LogP contribution in [0.1, 0.15) is 21.8 Å². The molecule has 0 unspecified atom stereocenters. The number of rotatable bonds is 3. The minimum absolute atomic E-state index is 0.107. The van der Waals surface area contributed by atoms with Crippen molar-refractivity contribution in [2.45, 2.75) is 13.5 Å². The van der Waals surface area contributed by atoms with E-state index in [2.05, 4.69) is 0 Å². The molecule has 3 aromatic rings. The van der Waals surface area contributed by atoms with Gasteiger partial charge >= 0.3 is 10.8 Å². The topological polar surface area (TPSA) is 72.4 Å². The number of hydrogen-bond donors (Lipinski definition) is 1. The van der Waals surface area contributed by atoms with E-state index in [0.29, 0.717) is 11.1 Å². The van der Waals surface area contributed by atoms with Crippen LogP contribution in [0.2, 0.25) is 0 Å². The summed E-state index contributed by atoms with van der Waals surface area (Å²) in [7, 11) is 0. The fourth-order valence-electron chi connectivity index (χ4n) is 2.18. The van der Waals surface area contributed by atoms with Crippen LogP contribution in [0.5, 0.6) is 0 Å². The molecular formula is C14H11NO4S. The molecule has 0 radical (unpaired) electrons. The van der Waals surface area contributed by atoms with Gasteiger partial charge in [-0.3, -0.25) is 9.36 Å². The summed E-state index contributed by atoms with van der Waals surface area (Å²) < 4.78 is 6.93. The van der Waals surface area contributed by atoms with Gasteiger partial charge in [0, 0.05) is 22.0 Å². The third kappa shape index (κ3) is 1.94. The van der Waals surface area contributed by atoms with E-state index in [9.17, 15) is 14.7 Å². The van der Waals surface area contributed by atoms with Crippen molar-refractivity contribution in [3.8, 4) is 0 Å². The van der Waals surface area contributed by atoms with Gasteiger partial charge in [0.25, 0.3) is 0 Å². The number of carboxylic acids is 1. The molecule has 0 saturated heterocycles. The maximum absolute atomic E-state index is 11.8. The number of hydrogen-bond acceptors (Lipinski definition) is 4. The first-order valence-electron chi connectivity index (χ1n) is 5.96. The maximum Gasteiger partial charge on any atom is 0.372 e. The van der Waals surface area contributed by atoms with Crippen molar-refractivity contribution in [2.75, 3.05) is 0 Å². The van der Waals surface area contributed by atoms with Gasteiger partial charge in [0.1, 0.15) is 5.58 Å². The molecule has 0 aliphatic carbocycles. The molecule has 0 saturated carbocycles. The van der Waals surface area contributed by atoms with Crippen molar-refractivity contribution < 1.29 is 14.3 Å². The Kier molecular flexibility index (Phi) is 2.94. The second-order valence-corrected chi connectivity index (χ2v) is 5.26. The number of aromatic carboxylic acids is 1. The molecule has 6 heteroatoms. The van der Waals surface area contributed by atoms with Crippen LogP contribution in [0.25, 0.3) is 11.0 Å². The van der Waals surface area contributed by atoms with Crippen LogP contribution >= 0.6 is 11.3 Å². The summed E-state index contributed by atoms with van der Waals surface area (Å²) >= 11 is 1.10. The molecule has 1 N–H and O–H groups in total. The molecule has 0 aliphatic heterocycles. The third-order valence-electron chi connectivity index (χ3n) is 3.19. The summed E-state index contributed by atoms with van der Waals surface area (Å²) in [4.78, 5) is 23.0. The van der Waals surface area contributed by atoms with Crippen LogP contribution in [-0.2, 0) is 6.54 Å². The van der Waals surface area contributed by atoms with Crippen LogP contribution in [0.3, 0.4) is 0 Å². The molecule has 102 valence electrons. The Morgan fingerprint density at radius 3 is 2.80 bits per heavy atom. The quantitative estimate of drug-likeness (QED) is 0.804. The van der Waals surface area contributed by atoms with E-state index in [1.165, 1.54) is 0 Å². The zero-order valence-corrected chi connectivity index (χ0v) is 11.4. The van der Waals surface area contributed by atoms with E-state index in [1.807, 2.05) is 13.0 Å². The van der Waals surface area contributed by atoms with Gasteiger partial charge in [-0.1, -0.05) is 29.5 Å². The first-order chi connectivity index (χ1) is 9.58. The lowest BCUT2D eigenvalue weighted by atomic mass is 10.1. The highest BCUT2D eigenvalue weighted by molar-refractivity contribution is 7.07. The highest BCUT2D eigenvalue weighted by atomic mass is 32.1. The molecule has 20 heavy (non-hydrogen) atoms. The third-order valence-corrected chi connectivity index (χ3v) is 4.07. The molecule has 0 atom stereocenters. The molecule has 0 bridgehead atoms. The van der Waals surface area contributed by atoms with E-state index < -0.39 is 5.97 Å². The zero-order valence-electron chi connectivity index (χ0n) is 10.6. The minimum Gasteiger partial charge on any atom is -0.475 e. The Morgan fingerprint density at radius 2 is 2.15 bits per heavy atom. The van der Waals surface area contributed by atoms with Crippen LogP contribution < -0.4 is 4.87 Å². The summed E-state index contributed by atoms with van der Waals surface area (Å²) in [5, 5.41) is 11.7. The monoisotopic (exact) mass is 289 g/mol. The number of furan rings is 1. The minimum atomic E-state index is -1.13. The van der Waals surface area contributed by atoms with Gasteiger partial charge in [0.05, 0.1) is 6.54 Å². The van der Waals surface area contributed by atoms with Crippen LogP contribution in [0.4, 0.5) is 0 Å². The number of nitrogens with zero attached hydrogens (tertiary/aromatic N) is 1. The summed E-state index contributed by atoms with van der Waals surface area (Å²) in [6.45, 7) is 2.02. The number of carbonyl (C=O) groups is 1. The number of fused-ring (bicyclic) bond motifs is 1. The molecule has 0 amide bonds. The number of para-hydroxylation sites is 1. The molecule has 5 nitrogen and oxygen atoms in total. The van der Waals surface area contributed by atoms with E-state index in [0.717, 1.165) is 22.4 Å². The van der Waals surface area contributed by atoms with Crippen molar-refractivity contribution in [3.63, 3.8) is 0 Å². The van der Waals surface area contributed by atoms with Gasteiger partial charge < -0.3 is 9.52 Å². The lowest BCUT2D eigenvalue weighted by Gasteiger charge is -2.03. The van der Waals surface area contributed by atoms with Gasteiger partial charge in [-0.2, -0.15) is 0 Å². The van der Waals surface area contributed by atoms with Crippen LogP contribution in [0, 0.1) is 6.92 Å². The van der Waals surface area contributed by atoms with E-state index in [1.54, 1.807) is 28.1 Å². The predicted octanol–water partition coefficient (Wildman–Crippen LogP) is 2.71. The Balaban J connectivity index is 2.22. The summed E-state index contributed by atoms with van der Waals surface area (Å²) in [6.07, 6.45) is 0. The standard InChI is InChI=1S/C14H11NO4S/c1-8-7-20-14(18)15(8)6-10-9-4-2-3-5-11(9)19-12(10)13(16)17/h2-5,7H,6H2,1H3,(H,16,17). The Morgan fingerprint density at radius 1 is 1.40 bits per heavy atom. The Hall–Kier alpha value is -2.34. The van der Waals surface area contributed by atoms with Crippen molar-refractivity contribution in [3.05, 3.63) is 56.3 Å². The molecule has 3 rings (SSSR count). The molecule has 2 aromatic heterocycles. The predicted molar refractivity (Wildman–Crippen MR) is 75.6 cm³/mol. The van der Waals surface area contributed by atoms with Crippen molar-refractivity contribution >= 4 is 28.3 Å². The van der Waals surface area contributed by atoms with E-state index in [-0.39, 0.29) is 17.2 Å².